The number of ether oxygens (including phenoxy) is 1. The minimum Gasteiger partial charge on any atom is -0.496 e. The van der Waals surface area contributed by atoms with Crippen LogP contribution < -0.4 is 10.1 Å². The van der Waals surface area contributed by atoms with Crippen molar-refractivity contribution in [2.45, 2.75) is 27.3 Å². The van der Waals surface area contributed by atoms with Gasteiger partial charge in [0.15, 0.2) is 0 Å². The van der Waals surface area contributed by atoms with Gasteiger partial charge in [0, 0.05) is 17.5 Å². The lowest BCUT2D eigenvalue weighted by atomic mass is 10.1. The number of hydrogen-bond acceptors (Lipinski definition) is 4. The minimum absolute atomic E-state index is 0.659. The summed E-state index contributed by atoms with van der Waals surface area (Å²) in [6, 6.07) is 6.18. The highest BCUT2D eigenvalue weighted by atomic mass is 32.1. The number of aryl methyl sites for hydroxylation is 1. The van der Waals surface area contributed by atoms with Gasteiger partial charge in [0.25, 0.3) is 0 Å². The van der Waals surface area contributed by atoms with Gasteiger partial charge in [0.05, 0.1) is 12.8 Å². The first-order chi connectivity index (χ1) is 9.60. The maximum atomic E-state index is 5.43. The largest absolute Gasteiger partial charge is 0.496 e. The quantitative estimate of drug-likeness (QED) is 0.877. The molecule has 0 bridgehead atoms. The highest BCUT2D eigenvalue weighted by molar-refractivity contribution is 7.09. The molecule has 1 aromatic heterocycles. The van der Waals surface area contributed by atoms with E-state index in [2.05, 4.69) is 43.6 Å². The van der Waals surface area contributed by atoms with Crippen LogP contribution in [0.4, 0.5) is 0 Å². The Morgan fingerprint density at radius 2 is 2.15 bits per heavy atom. The van der Waals surface area contributed by atoms with Crippen LogP contribution in [0.2, 0.25) is 0 Å². The van der Waals surface area contributed by atoms with Crippen molar-refractivity contribution < 1.29 is 4.74 Å². The SMILES string of the molecule is COc1ccc(C)cc1-c1csc(CNCC(C)C)n1. The molecule has 0 aliphatic rings. The predicted molar refractivity (Wildman–Crippen MR) is 85.4 cm³/mol. The number of nitrogens with zero attached hydrogens (tertiary/aromatic N) is 1. The lowest BCUT2D eigenvalue weighted by Gasteiger charge is -2.07. The van der Waals surface area contributed by atoms with E-state index in [1.165, 1.54) is 5.56 Å². The Kier molecular flexibility index (Phi) is 5.15. The monoisotopic (exact) mass is 290 g/mol. The number of nitrogens with one attached hydrogen (secondary N) is 1. The lowest BCUT2D eigenvalue weighted by Crippen LogP contribution is -2.18. The van der Waals surface area contributed by atoms with Gasteiger partial charge in [-0.05, 0) is 31.5 Å². The standard InChI is InChI=1S/C16H22N2OS/c1-11(2)8-17-9-16-18-14(10-20-16)13-7-12(3)5-6-15(13)19-4/h5-7,10-11,17H,8-9H2,1-4H3. The van der Waals surface area contributed by atoms with Crippen LogP contribution in [0, 0.1) is 12.8 Å². The molecule has 2 aromatic rings. The molecule has 0 aliphatic carbocycles. The van der Waals surface area contributed by atoms with E-state index in [4.69, 9.17) is 9.72 Å². The summed E-state index contributed by atoms with van der Waals surface area (Å²) in [5.41, 5.74) is 3.28. The van der Waals surface area contributed by atoms with Crippen molar-refractivity contribution in [2.24, 2.45) is 5.92 Å². The molecule has 0 amide bonds. The summed E-state index contributed by atoms with van der Waals surface area (Å²) in [6.07, 6.45) is 0. The van der Waals surface area contributed by atoms with Crippen molar-refractivity contribution in [3.05, 3.63) is 34.2 Å². The zero-order valence-electron chi connectivity index (χ0n) is 12.6. The van der Waals surface area contributed by atoms with Crippen molar-refractivity contribution in [1.29, 1.82) is 0 Å². The van der Waals surface area contributed by atoms with Crippen LogP contribution in [-0.2, 0) is 6.54 Å². The number of aromatic nitrogens is 1. The molecular formula is C16H22N2OS. The van der Waals surface area contributed by atoms with E-state index in [0.717, 1.165) is 35.1 Å². The molecule has 1 aromatic carbocycles. The molecule has 0 saturated heterocycles. The first kappa shape index (κ1) is 15.0. The lowest BCUT2D eigenvalue weighted by molar-refractivity contribution is 0.416. The Hall–Kier alpha value is -1.39. The van der Waals surface area contributed by atoms with Crippen molar-refractivity contribution in [3.8, 4) is 17.0 Å². The average molecular weight is 290 g/mol. The number of rotatable bonds is 6. The Labute approximate surface area is 125 Å². The number of methoxy groups -OCH3 is 1. The molecule has 0 aliphatic heterocycles. The molecule has 0 unspecified atom stereocenters. The third-order valence-electron chi connectivity index (χ3n) is 3.01. The van der Waals surface area contributed by atoms with Gasteiger partial charge in [0.2, 0.25) is 0 Å². The van der Waals surface area contributed by atoms with Crippen LogP contribution in [0.3, 0.4) is 0 Å². The van der Waals surface area contributed by atoms with Gasteiger partial charge in [-0.2, -0.15) is 0 Å². The van der Waals surface area contributed by atoms with Crippen molar-refractivity contribution in [1.82, 2.24) is 10.3 Å². The van der Waals surface area contributed by atoms with Gasteiger partial charge in [-0.3, -0.25) is 0 Å². The second kappa shape index (κ2) is 6.86. The minimum atomic E-state index is 0.659. The fourth-order valence-corrected chi connectivity index (χ4v) is 2.77. The molecule has 3 nitrogen and oxygen atoms in total. The van der Waals surface area contributed by atoms with Crippen LogP contribution in [0.5, 0.6) is 5.75 Å². The van der Waals surface area contributed by atoms with Crippen LogP contribution in [-0.4, -0.2) is 18.6 Å². The highest BCUT2D eigenvalue weighted by Gasteiger charge is 2.10. The zero-order chi connectivity index (χ0) is 14.5. The molecule has 0 radical (unpaired) electrons. The molecule has 0 atom stereocenters. The Balaban J connectivity index is 2.14. The van der Waals surface area contributed by atoms with Gasteiger partial charge < -0.3 is 10.1 Å². The van der Waals surface area contributed by atoms with E-state index in [0.29, 0.717) is 5.92 Å². The first-order valence-corrected chi connectivity index (χ1v) is 7.78. The molecule has 0 spiro atoms. The molecule has 20 heavy (non-hydrogen) atoms. The molecule has 4 heteroatoms. The van der Waals surface area contributed by atoms with Crippen LogP contribution in [0.25, 0.3) is 11.3 Å². The topological polar surface area (TPSA) is 34.1 Å². The second-order valence-electron chi connectivity index (χ2n) is 5.35. The Morgan fingerprint density at radius 3 is 2.85 bits per heavy atom. The van der Waals surface area contributed by atoms with E-state index in [1.54, 1.807) is 18.4 Å². The van der Waals surface area contributed by atoms with Crippen molar-refractivity contribution >= 4 is 11.3 Å². The highest BCUT2D eigenvalue weighted by Crippen LogP contribution is 2.31. The fourth-order valence-electron chi connectivity index (χ4n) is 2.01. The Bertz CT molecular complexity index is 563. The summed E-state index contributed by atoms with van der Waals surface area (Å²) in [5.74, 6) is 1.54. The van der Waals surface area contributed by atoms with E-state index in [9.17, 15) is 0 Å². The third-order valence-corrected chi connectivity index (χ3v) is 3.86. The number of thiazole rings is 1. The molecule has 0 saturated carbocycles. The van der Waals surface area contributed by atoms with Gasteiger partial charge in [-0.15, -0.1) is 11.3 Å². The van der Waals surface area contributed by atoms with Gasteiger partial charge >= 0.3 is 0 Å². The maximum Gasteiger partial charge on any atom is 0.128 e. The molecule has 0 fully saturated rings. The normalized spacial score (nSPS) is 11.1. The van der Waals surface area contributed by atoms with Crippen LogP contribution >= 0.6 is 11.3 Å². The zero-order valence-corrected chi connectivity index (χ0v) is 13.4. The number of hydrogen-bond donors (Lipinski definition) is 1. The predicted octanol–water partition coefficient (Wildman–Crippen LogP) is 3.87. The van der Waals surface area contributed by atoms with E-state index >= 15 is 0 Å². The molecule has 1 heterocycles. The summed E-state index contributed by atoms with van der Waals surface area (Å²) in [4.78, 5) is 4.70. The average Bonchev–Trinajstić information content (AvgIpc) is 2.87. The molecule has 2 rings (SSSR count). The summed E-state index contributed by atoms with van der Waals surface area (Å²) >= 11 is 1.69. The molecule has 108 valence electrons. The fraction of sp³-hybridized carbons (Fsp3) is 0.438. The smallest absolute Gasteiger partial charge is 0.128 e. The van der Waals surface area contributed by atoms with E-state index in [-0.39, 0.29) is 0 Å². The van der Waals surface area contributed by atoms with E-state index in [1.807, 2.05) is 6.07 Å². The second-order valence-corrected chi connectivity index (χ2v) is 6.30. The molecule has 1 N–H and O–H groups in total. The first-order valence-electron chi connectivity index (χ1n) is 6.90. The van der Waals surface area contributed by atoms with Gasteiger partial charge in [-0.25, -0.2) is 4.98 Å². The van der Waals surface area contributed by atoms with Gasteiger partial charge in [0.1, 0.15) is 10.8 Å². The summed E-state index contributed by atoms with van der Waals surface area (Å²) in [7, 11) is 1.70. The van der Waals surface area contributed by atoms with Crippen molar-refractivity contribution in [3.63, 3.8) is 0 Å². The Morgan fingerprint density at radius 1 is 1.35 bits per heavy atom. The van der Waals surface area contributed by atoms with Crippen LogP contribution in [0.15, 0.2) is 23.6 Å². The third kappa shape index (κ3) is 3.81. The van der Waals surface area contributed by atoms with Crippen LogP contribution in [0.1, 0.15) is 24.4 Å². The van der Waals surface area contributed by atoms with E-state index < -0.39 is 0 Å². The summed E-state index contributed by atoms with van der Waals surface area (Å²) < 4.78 is 5.43. The maximum absolute atomic E-state index is 5.43. The van der Waals surface area contributed by atoms with Gasteiger partial charge in [-0.1, -0.05) is 25.5 Å². The van der Waals surface area contributed by atoms with Crippen molar-refractivity contribution in [2.75, 3.05) is 13.7 Å². The summed E-state index contributed by atoms with van der Waals surface area (Å²) in [5, 5.41) is 6.64. The summed E-state index contributed by atoms with van der Waals surface area (Å²) in [6.45, 7) is 8.34. The molecular weight excluding hydrogens is 268 g/mol. The number of benzene rings is 1.